The average Bonchev–Trinajstić information content (AvgIpc) is 3.04. The monoisotopic (exact) mass is 319 g/mol. The molecule has 3 heterocycles. The number of carbonyl (C=O) groups is 1. The predicted octanol–water partition coefficient (Wildman–Crippen LogP) is 2.20. The van der Waals surface area contributed by atoms with E-state index in [1.54, 1.807) is 0 Å². The van der Waals surface area contributed by atoms with Crippen molar-refractivity contribution < 1.29 is 4.79 Å². The van der Waals surface area contributed by atoms with Gasteiger partial charge in [-0.1, -0.05) is 19.1 Å². The third-order valence-corrected chi connectivity index (χ3v) is 4.85. The smallest absolute Gasteiger partial charge is 0.276 e. The van der Waals surface area contributed by atoms with Gasteiger partial charge in [-0.25, -0.2) is 4.68 Å². The fourth-order valence-corrected chi connectivity index (χ4v) is 3.74. The largest absolute Gasteiger partial charge is 0.337 e. The van der Waals surface area contributed by atoms with E-state index in [2.05, 4.69) is 29.1 Å². The van der Waals surface area contributed by atoms with Crippen LogP contribution < -0.4 is 0 Å². The Morgan fingerprint density at radius 3 is 2.74 bits per heavy atom. The molecule has 1 aromatic heterocycles. The van der Waals surface area contributed by atoms with E-state index in [1.807, 2.05) is 15.8 Å². The van der Waals surface area contributed by atoms with Crippen molar-refractivity contribution in [1.29, 1.82) is 0 Å². The number of nitrogens with zero attached hydrogens (tertiary/aromatic N) is 5. The highest BCUT2D eigenvalue weighted by Crippen LogP contribution is 2.22. The third kappa shape index (κ3) is 4.10. The maximum absolute atomic E-state index is 12.5. The molecule has 2 aliphatic rings. The lowest BCUT2D eigenvalue weighted by Gasteiger charge is -2.33. The van der Waals surface area contributed by atoms with Crippen LogP contribution in [0.4, 0.5) is 0 Å². The van der Waals surface area contributed by atoms with Gasteiger partial charge in [0.05, 0.1) is 12.2 Å². The molecule has 1 unspecified atom stereocenters. The summed E-state index contributed by atoms with van der Waals surface area (Å²) in [7, 11) is 0. The summed E-state index contributed by atoms with van der Waals surface area (Å²) in [6.07, 6.45) is 7.60. The molecule has 0 bridgehead atoms. The van der Waals surface area contributed by atoms with Gasteiger partial charge in [-0.05, 0) is 44.6 Å². The zero-order chi connectivity index (χ0) is 16.2. The van der Waals surface area contributed by atoms with Crippen molar-refractivity contribution in [3.63, 3.8) is 0 Å². The van der Waals surface area contributed by atoms with Gasteiger partial charge in [0.25, 0.3) is 5.91 Å². The van der Waals surface area contributed by atoms with Crippen molar-refractivity contribution in [3.05, 3.63) is 11.9 Å². The second kappa shape index (κ2) is 7.43. The van der Waals surface area contributed by atoms with Gasteiger partial charge in [-0.2, -0.15) is 0 Å². The standard InChI is InChI=1S/C17H29N5O/c1-14(2)11-20-8-6-7-15(12-20)22-13-16(18-19-22)17(23)21-9-4-3-5-10-21/h13-15H,3-12H2,1-2H3. The Balaban J connectivity index is 1.63. The van der Waals surface area contributed by atoms with Gasteiger partial charge in [0.2, 0.25) is 0 Å². The lowest BCUT2D eigenvalue weighted by molar-refractivity contribution is 0.0718. The Morgan fingerprint density at radius 2 is 2.00 bits per heavy atom. The summed E-state index contributed by atoms with van der Waals surface area (Å²) in [6, 6.07) is 0.345. The van der Waals surface area contributed by atoms with Crippen LogP contribution >= 0.6 is 0 Å². The molecule has 23 heavy (non-hydrogen) atoms. The van der Waals surface area contributed by atoms with E-state index in [9.17, 15) is 4.79 Å². The second-order valence-corrected chi connectivity index (χ2v) is 7.39. The van der Waals surface area contributed by atoms with Crippen LogP contribution in [0.1, 0.15) is 62.5 Å². The highest BCUT2D eigenvalue weighted by atomic mass is 16.2. The molecule has 2 fully saturated rings. The Kier molecular flexibility index (Phi) is 5.30. The van der Waals surface area contributed by atoms with Gasteiger partial charge < -0.3 is 9.80 Å². The molecule has 1 atom stereocenters. The number of hydrogen-bond donors (Lipinski definition) is 0. The molecule has 2 saturated heterocycles. The first kappa shape index (κ1) is 16.4. The van der Waals surface area contributed by atoms with Crippen molar-refractivity contribution in [2.75, 3.05) is 32.7 Å². The van der Waals surface area contributed by atoms with E-state index in [-0.39, 0.29) is 5.91 Å². The van der Waals surface area contributed by atoms with E-state index in [4.69, 9.17) is 0 Å². The minimum Gasteiger partial charge on any atom is -0.337 e. The highest BCUT2D eigenvalue weighted by molar-refractivity contribution is 5.91. The number of rotatable bonds is 4. The van der Waals surface area contributed by atoms with Crippen LogP contribution in [0.3, 0.4) is 0 Å². The molecule has 0 aromatic carbocycles. The molecule has 1 amide bonds. The van der Waals surface area contributed by atoms with Gasteiger partial charge in [-0.3, -0.25) is 4.79 Å². The first-order valence-electron chi connectivity index (χ1n) is 9.07. The number of carbonyl (C=O) groups excluding carboxylic acids is 1. The molecule has 2 aliphatic heterocycles. The Bertz CT molecular complexity index is 521. The molecule has 6 nitrogen and oxygen atoms in total. The molecule has 128 valence electrons. The number of aromatic nitrogens is 3. The van der Waals surface area contributed by atoms with Gasteiger partial charge in [0, 0.05) is 26.2 Å². The van der Waals surface area contributed by atoms with E-state index in [0.717, 1.165) is 45.4 Å². The van der Waals surface area contributed by atoms with Crippen LogP contribution in [0, 0.1) is 5.92 Å². The first-order chi connectivity index (χ1) is 11.1. The summed E-state index contributed by atoms with van der Waals surface area (Å²) in [5, 5.41) is 8.42. The van der Waals surface area contributed by atoms with Gasteiger partial charge in [-0.15, -0.1) is 5.10 Å². The normalized spacial score (nSPS) is 23.4. The molecule has 3 rings (SSSR count). The van der Waals surface area contributed by atoms with Crippen molar-refractivity contribution >= 4 is 5.91 Å². The molecule has 0 radical (unpaired) electrons. The summed E-state index contributed by atoms with van der Waals surface area (Å²) in [6.45, 7) is 9.55. The van der Waals surface area contributed by atoms with Crippen molar-refractivity contribution in [3.8, 4) is 0 Å². The SMILES string of the molecule is CC(C)CN1CCCC(n2cc(C(=O)N3CCCCC3)nn2)C1. The minimum absolute atomic E-state index is 0.0470. The first-order valence-corrected chi connectivity index (χ1v) is 9.07. The lowest BCUT2D eigenvalue weighted by atomic mass is 10.0. The summed E-state index contributed by atoms with van der Waals surface area (Å²) in [4.78, 5) is 16.9. The van der Waals surface area contributed by atoms with Crippen LogP contribution in [0.15, 0.2) is 6.20 Å². The van der Waals surface area contributed by atoms with E-state index >= 15 is 0 Å². The second-order valence-electron chi connectivity index (χ2n) is 7.39. The summed E-state index contributed by atoms with van der Waals surface area (Å²) >= 11 is 0. The quantitative estimate of drug-likeness (QED) is 0.854. The number of amides is 1. The summed E-state index contributed by atoms with van der Waals surface area (Å²) in [5.74, 6) is 0.728. The zero-order valence-corrected chi connectivity index (χ0v) is 14.4. The molecule has 6 heteroatoms. The Hall–Kier alpha value is -1.43. The van der Waals surface area contributed by atoms with E-state index in [0.29, 0.717) is 17.7 Å². The van der Waals surface area contributed by atoms with Crippen molar-refractivity contribution in [1.82, 2.24) is 24.8 Å². The maximum atomic E-state index is 12.5. The third-order valence-electron chi connectivity index (χ3n) is 4.85. The van der Waals surface area contributed by atoms with Gasteiger partial charge in [0.1, 0.15) is 0 Å². The highest BCUT2D eigenvalue weighted by Gasteiger charge is 2.25. The van der Waals surface area contributed by atoms with Crippen LogP contribution in [0.2, 0.25) is 0 Å². The molecular weight excluding hydrogens is 290 g/mol. The summed E-state index contributed by atoms with van der Waals surface area (Å²) in [5.41, 5.74) is 0.507. The minimum atomic E-state index is 0.0470. The number of piperidine rings is 2. The molecule has 0 N–H and O–H groups in total. The fourth-order valence-electron chi connectivity index (χ4n) is 3.74. The van der Waals surface area contributed by atoms with Gasteiger partial charge >= 0.3 is 0 Å². The number of hydrogen-bond acceptors (Lipinski definition) is 4. The molecular formula is C17H29N5O. The van der Waals surface area contributed by atoms with Crippen LogP contribution in [0.5, 0.6) is 0 Å². The topological polar surface area (TPSA) is 54.3 Å². The molecule has 0 aliphatic carbocycles. The number of likely N-dealkylation sites (tertiary alicyclic amines) is 2. The molecule has 1 aromatic rings. The fraction of sp³-hybridized carbons (Fsp3) is 0.824. The Morgan fingerprint density at radius 1 is 1.22 bits per heavy atom. The predicted molar refractivity (Wildman–Crippen MR) is 89.3 cm³/mol. The molecule has 0 saturated carbocycles. The van der Waals surface area contributed by atoms with Crippen LogP contribution in [0.25, 0.3) is 0 Å². The summed E-state index contributed by atoms with van der Waals surface area (Å²) < 4.78 is 1.92. The van der Waals surface area contributed by atoms with Crippen LogP contribution in [-0.4, -0.2) is 63.4 Å². The van der Waals surface area contributed by atoms with E-state index in [1.165, 1.54) is 19.4 Å². The maximum Gasteiger partial charge on any atom is 0.276 e. The lowest BCUT2D eigenvalue weighted by Crippen LogP contribution is -2.38. The molecule has 0 spiro atoms. The van der Waals surface area contributed by atoms with Crippen molar-refractivity contribution in [2.24, 2.45) is 5.92 Å². The van der Waals surface area contributed by atoms with Crippen LogP contribution in [-0.2, 0) is 0 Å². The Labute approximate surface area is 138 Å². The van der Waals surface area contributed by atoms with Crippen molar-refractivity contribution in [2.45, 2.75) is 52.0 Å². The average molecular weight is 319 g/mol. The van der Waals surface area contributed by atoms with E-state index < -0.39 is 0 Å². The van der Waals surface area contributed by atoms with Gasteiger partial charge in [0.15, 0.2) is 5.69 Å². The zero-order valence-electron chi connectivity index (χ0n) is 14.4.